The molecule has 1 aromatic rings. The van der Waals surface area contributed by atoms with Crippen molar-refractivity contribution in [1.29, 1.82) is 0 Å². The Morgan fingerprint density at radius 2 is 1.58 bits per heavy atom. The molecular formula is C14H20O5. The molecule has 1 rings (SSSR count). The van der Waals surface area contributed by atoms with Gasteiger partial charge in [0.25, 0.3) is 0 Å². The summed E-state index contributed by atoms with van der Waals surface area (Å²) in [5.41, 5.74) is 0.781. The van der Waals surface area contributed by atoms with Gasteiger partial charge in [-0.2, -0.15) is 0 Å². The van der Waals surface area contributed by atoms with Crippen LogP contribution >= 0.6 is 0 Å². The predicted octanol–water partition coefficient (Wildman–Crippen LogP) is 2.41. The van der Waals surface area contributed by atoms with E-state index in [0.717, 1.165) is 5.56 Å². The van der Waals surface area contributed by atoms with Crippen LogP contribution in [0.1, 0.15) is 19.4 Å². The highest BCUT2D eigenvalue weighted by atomic mass is 16.5. The third-order valence-electron chi connectivity index (χ3n) is 2.58. The number of methoxy groups -OCH3 is 3. The van der Waals surface area contributed by atoms with E-state index in [4.69, 9.17) is 18.9 Å². The average molecular weight is 268 g/mol. The number of rotatable bonds is 6. The van der Waals surface area contributed by atoms with Gasteiger partial charge in [-0.3, -0.25) is 4.79 Å². The number of carbonyl (C=O) groups excluding carboxylic acids is 1. The van der Waals surface area contributed by atoms with Crippen LogP contribution < -0.4 is 14.2 Å². The SMILES string of the molecule is COc1cc(COC(=O)C(C)C)cc(OC)c1OC. The lowest BCUT2D eigenvalue weighted by molar-refractivity contribution is -0.148. The Morgan fingerprint density at radius 1 is 1.05 bits per heavy atom. The molecule has 0 aliphatic rings. The molecule has 0 amide bonds. The van der Waals surface area contributed by atoms with Crippen molar-refractivity contribution in [2.75, 3.05) is 21.3 Å². The van der Waals surface area contributed by atoms with Crippen LogP contribution in [0.25, 0.3) is 0 Å². The lowest BCUT2D eigenvalue weighted by atomic mass is 10.2. The van der Waals surface area contributed by atoms with Crippen LogP contribution in [0.3, 0.4) is 0 Å². The number of benzene rings is 1. The van der Waals surface area contributed by atoms with Gasteiger partial charge in [-0.15, -0.1) is 0 Å². The van der Waals surface area contributed by atoms with Crippen molar-refractivity contribution in [3.05, 3.63) is 17.7 Å². The highest BCUT2D eigenvalue weighted by molar-refractivity contribution is 5.71. The first-order valence-corrected chi connectivity index (χ1v) is 5.99. The average Bonchev–Trinajstić information content (AvgIpc) is 2.42. The summed E-state index contributed by atoms with van der Waals surface area (Å²) in [6, 6.07) is 3.52. The molecule has 5 nitrogen and oxygen atoms in total. The molecule has 0 bridgehead atoms. The van der Waals surface area contributed by atoms with Crippen molar-refractivity contribution in [2.24, 2.45) is 5.92 Å². The Hall–Kier alpha value is -1.91. The summed E-state index contributed by atoms with van der Waals surface area (Å²) in [6.07, 6.45) is 0. The second-order valence-corrected chi connectivity index (χ2v) is 4.30. The summed E-state index contributed by atoms with van der Waals surface area (Å²) >= 11 is 0. The van der Waals surface area contributed by atoms with E-state index in [1.807, 2.05) is 0 Å². The van der Waals surface area contributed by atoms with Crippen LogP contribution in [-0.4, -0.2) is 27.3 Å². The summed E-state index contributed by atoms with van der Waals surface area (Å²) in [5, 5.41) is 0. The largest absolute Gasteiger partial charge is 0.493 e. The number of carbonyl (C=O) groups is 1. The van der Waals surface area contributed by atoms with Gasteiger partial charge < -0.3 is 18.9 Å². The second kappa shape index (κ2) is 6.87. The van der Waals surface area contributed by atoms with Crippen molar-refractivity contribution in [1.82, 2.24) is 0 Å². The first-order chi connectivity index (χ1) is 9.03. The van der Waals surface area contributed by atoms with Gasteiger partial charge in [0.2, 0.25) is 5.75 Å². The number of ether oxygens (including phenoxy) is 4. The first-order valence-electron chi connectivity index (χ1n) is 5.99. The lowest BCUT2D eigenvalue weighted by Gasteiger charge is -2.14. The van der Waals surface area contributed by atoms with E-state index < -0.39 is 0 Å². The zero-order valence-electron chi connectivity index (χ0n) is 12.0. The molecule has 0 aromatic heterocycles. The minimum absolute atomic E-state index is 0.151. The molecule has 5 heteroatoms. The smallest absolute Gasteiger partial charge is 0.308 e. The minimum atomic E-state index is -0.242. The Bertz CT molecular complexity index is 414. The van der Waals surface area contributed by atoms with Gasteiger partial charge in [0, 0.05) is 0 Å². The highest BCUT2D eigenvalue weighted by Crippen LogP contribution is 2.38. The van der Waals surface area contributed by atoms with Crippen LogP contribution in [0.15, 0.2) is 12.1 Å². The number of hydrogen-bond donors (Lipinski definition) is 0. The number of esters is 1. The highest BCUT2D eigenvalue weighted by Gasteiger charge is 2.14. The van der Waals surface area contributed by atoms with Crippen LogP contribution in [-0.2, 0) is 16.1 Å². The number of hydrogen-bond acceptors (Lipinski definition) is 5. The van der Waals surface area contributed by atoms with Gasteiger partial charge in [-0.25, -0.2) is 0 Å². The first kappa shape index (κ1) is 15.1. The molecule has 106 valence electrons. The monoisotopic (exact) mass is 268 g/mol. The Balaban J connectivity index is 2.93. The summed E-state index contributed by atoms with van der Waals surface area (Å²) < 4.78 is 20.8. The maximum Gasteiger partial charge on any atom is 0.308 e. The summed E-state index contributed by atoms with van der Waals surface area (Å²) in [4.78, 5) is 11.4. The van der Waals surface area contributed by atoms with Crippen molar-refractivity contribution in [2.45, 2.75) is 20.5 Å². The van der Waals surface area contributed by atoms with E-state index in [2.05, 4.69) is 0 Å². The molecule has 0 saturated heterocycles. The quantitative estimate of drug-likeness (QED) is 0.742. The molecule has 0 unspecified atom stereocenters. The molecule has 0 saturated carbocycles. The topological polar surface area (TPSA) is 54.0 Å². The van der Waals surface area contributed by atoms with Crippen molar-refractivity contribution in [3.8, 4) is 17.2 Å². The fraction of sp³-hybridized carbons (Fsp3) is 0.500. The van der Waals surface area contributed by atoms with E-state index in [-0.39, 0.29) is 18.5 Å². The molecule has 0 heterocycles. The minimum Gasteiger partial charge on any atom is -0.493 e. The summed E-state index contributed by atoms with van der Waals surface area (Å²) in [7, 11) is 4.63. The molecule has 0 N–H and O–H groups in total. The molecule has 0 radical (unpaired) electrons. The van der Waals surface area contributed by atoms with E-state index in [9.17, 15) is 4.79 Å². The standard InChI is InChI=1S/C14H20O5/c1-9(2)14(15)19-8-10-6-11(16-3)13(18-5)12(7-10)17-4/h6-7,9H,8H2,1-5H3. The van der Waals surface area contributed by atoms with Gasteiger partial charge >= 0.3 is 5.97 Å². The van der Waals surface area contributed by atoms with Crippen LogP contribution in [0.5, 0.6) is 17.2 Å². The van der Waals surface area contributed by atoms with Gasteiger partial charge in [-0.1, -0.05) is 13.8 Å². The second-order valence-electron chi connectivity index (χ2n) is 4.30. The normalized spacial score (nSPS) is 10.2. The Morgan fingerprint density at radius 3 is 1.95 bits per heavy atom. The molecule has 1 aromatic carbocycles. The predicted molar refractivity (Wildman–Crippen MR) is 70.7 cm³/mol. The van der Waals surface area contributed by atoms with Gasteiger partial charge in [-0.05, 0) is 17.7 Å². The van der Waals surface area contributed by atoms with Crippen LogP contribution in [0.2, 0.25) is 0 Å². The van der Waals surface area contributed by atoms with Gasteiger partial charge in [0.15, 0.2) is 11.5 Å². The zero-order chi connectivity index (χ0) is 14.4. The van der Waals surface area contributed by atoms with Crippen molar-refractivity contribution >= 4 is 5.97 Å². The molecular weight excluding hydrogens is 248 g/mol. The summed E-state index contributed by atoms with van der Waals surface area (Å²) in [6.45, 7) is 3.75. The maximum atomic E-state index is 11.4. The fourth-order valence-corrected chi connectivity index (χ4v) is 1.54. The summed E-state index contributed by atoms with van der Waals surface area (Å²) in [5.74, 6) is 1.20. The molecule has 0 aliphatic heterocycles. The molecule has 0 fully saturated rings. The van der Waals surface area contributed by atoms with Gasteiger partial charge in [0.05, 0.1) is 27.2 Å². The molecule has 0 spiro atoms. The zero-order valence-corrected chi connectivity index (χ0v) is 12.0. The van der Waals surface area contributed by atoms with E-state index >= 15 is 0 Å². The fourth-order valence-electron chi connectivity index (χ4n) is 1.54. The maximum absolute atomic E-state index is 11.4. The van der Waals surface area contributed by atoms with Gasteiger partial charge in [0.1, 0.15) is 6.61 Å². The molecule has 0 aliphatic carbocycles. The van der Waals surface area contributed by atoms with E-state index in [0.29, 0.717) is 17.2 Å². The third-order valence-corrected chi connectivity index (χ3v) is 2.58. The molecule has 19 heavy (non-hydrogen) atoms. The van der Waals surface area contributed by atoms with E-state index in [1.165, 1.54) is 0 Å². The van der Waals surface area contributed by atoms with Crippen LogP contribution in [0.4, 0.5) is 0 Å². The van der Waals surface area contributed by atoms with Crippen molar-refractivity contribution < 1.29 is 23.7 Å². The Labute approximate surface area is 113 Å². The molecule has 0 atom stereocenters. The third kappa shape index (κ3) is 3.77. The Kier molecular flexibility index (Phi) is 5.48. The van der Waals surface area contributed by atoms with E-state index in [1.54, 1.807) is 47.3 Å². The lowest BCUT2D eigenvalue weighted by Crippen LogP contribution is -2.11. The van der Waals surface area contributed by atoms with Crippen molar-refractivity contribution in [3.63, 3.8) is 0 Å². The van der Waals surface area contributed by atoms with Crippen LogP contribution in [0, 0.1) is 5.92 Å².